The average molecular weight is 774 g/mol. The first-order valence-corrected chi connectivity index (χ1v) is 21.1. The van der Waals surface area contributed by atoms with Gasteiger partial charge in [0.05, 0.1) is 6.61 Å². The van der Waals surface area contributed by atoms with E-state index < -0.39 is 42.8 Å². The molecule has 1 fully saturated rings. The predicted octanol–water partition coefficient (Wildman–Crippen LogP) is 8.40. The molecule has 6 atom stereocenters. The Kier molecular flexibility index (Phi) is 32.4. The molecule has 6 unspecified atom stereocenters. The number of unbranched alkanes of at least 4 members (excludes halogenated alkanes) is 10. The SMILES string of the molecule is CCC=CCC=CCC=CCCCCCCCC(=O)OCC(COC1OC(CN)C(O)C(O)C1O)OC(=O)CCCCCCCC=CCC=CCC=CCC. The van der Waals surface area contributed by atoms with Crippen LogP contribution in [0.4, 0.5) is 0 Å². The molecular formula is C45H75NO9. The maximum absolute atomic E-state index is 12.8. The van der Waals surface area contributed by atoms with Gasteiger partial charge in [-0.1, -0.05) is 125 Å². The van der Waals surface area contributed by atoms with E-state index in [4.69, 9.17) is 24.7 Å². The van der Waals surface area contributed by atoms with E-state index in [-0.39, 0.29) is 38.6 Å². The highest BCUT2D eigenvalue weighted by molar-refractivity contribution is 5.70. The van der Waals surface area contributed by atoms with Crippen molar-refractivity contribution in [2.24, 2.45) is 5.73 Å². The number of carbonyl (C=O) groups excluding carboxylic acids is 2. The van der Waals surface area contributed by atoms with Crippen molar-refractivity contribution in [1.82, 2.24) is 0 Å². The fourth-order valence-electron chi connectivity index (χ4n) is 5.85. The number of nitrogens with two attached hydrogens (primary N) is 1. The molecule has 0 spiro atoms. The number of ether oxygens (including phenoxy) is 4. The van der Waals surface area contributed by atoms with E-state index in [1.54, 1.807) is 0 Å². The van der Waals surface area contributed by atoms with Gasteiger partial charge < -0.3 is 40.0 Å². The van der Waals surface area contributed by atoms with E-state index in [9.17, 15) is 24.9 Å². The first kappa shape index (κ1) is 50.2. The van der Waals surface area contributed by atoms with Gasteiger partial charge in [-0.2, -0.15) is 0 Å². The lowest BCUT2D eigenvalue weighted by Crippen LogP contribution is -2.60. The lowest BCUT2D eigenvalue weighted by molar-refractivity contribution is -0.299. The molecule has 0 aromatic rings. The van der Waals surface area contributed by atoms with E-state index >= 15 is 0 Å². The summed E-state index contributed by atoms with van der Waals surface area (Å²) in [6.07, 6.45) is 37.0. The summed E-state index contributed by atoms with van der Waals surface area (Å²) in [4.78, 5) is 25.3. The van der Waals surface area contributed by atoms with Crippen LogP contribution in [-0.2, 0) is 28.5 Å². The monoisotopic (exact) mass is 774 g/mol. The number of hydrogen-bond donors (Lipinski definition) is 4. The first-order chi connectivity index (χ1) is 26.8. The van der Waals surface area contributed by atoms with Crippen molar-refractivity contribution in [2.75, 3.05) is 19.8 Å². The van der Waals surface area contributed by atoms with Crippen LogP contribution in [0.5, 0.6) is 0 Å². The minimum absolute atomic E-state index is 0.0982. The number of aliphatic hydroxyl groups is 3. The molecule has 0 bridgehead atoms. The Bertz CT molecular complexity index is 1130. The predicted molar refractivity (Wildman–Crippen MR) is 221 cm³/mol. The van der Waals surface area contributed by atoms with E-state index in [0.717, 1.165) is 103 Å². The summed E-state index contributed by atoms with van der Waals surface area (Å²) in [6, 6.07) is 0. The fourth-order valence-corrected chi connectivity index (χ4v) is 5.85. The highest BCUT2D eigenvalue weighted by atomic mass is 16.7. The Labute approximate surface area is 332 Å². The molecule has 0 aromatic heterocycles. The second kappa shape index (κ2) is 35.5. The van der Waals surface area contributed by atoms with Gasteiger partial charge in [-0.25, -0.2) is 0 Å². The largest absolute Gasteiger partial charge is 0.462 e. The maximum atomic E-state index is 12.8. The Morgan fingerprint density at radius 1 is 0.582 bits per heavy atom. The molecule has 1 aliphatic heterocycles. The summed E-state index contributed by atoms with van der Waals surface area (Å²) >= 11 is 0. The number of allylic oxidation sites excluding steroid dienone is 12. The minimum atomic E-state index is -1.54. The molecule has 0 saturated carbocycles. The number of rotatable bonds is 33. The molecule has 1 heterocycles. The van der Waals surface area contributed by atoms with Crippen LogP contribution in [0.15, 0.2) is 72.9 Å². The highest BCUT2D eigenvalue weighted by Gasteiger charge is 2.44. The minimum Gasteiger partial charge on any atom is -0.462 e. The van der Waals surface area contributed by atoms with Crippen LogP contribution in [0.1, 0.15) is 142 Å². The number of hydrogen-bond acceptors (Lipinski definition) is 10. The van der Waals surface area contributed by atoms with Gasteiger partial charge in [-0.15, -0.1) is 0 Å². The van der Waals surface area contributed by atoms with Crippen LogP contribution in [-0.4, -0.2) is 83.8 Å². The summed E-state index contributed by atoms with van der Waals surface area (Å²) in [5, 5.41) is 30.7. The van der Waals surface area contributed by atoms with Gasteiger partial charge in [0.25, 0.3) is 0 Å². The number of aliphatic hydroxyl groups excluding tert-OH is 3. The third kappa shape index (κ3) is 27.4. The standard InChI is InChI=1S/C45H75NO9/c1-3-5-7-9-11-13-15-17-19-21-23-25-27-29-31-33-40(47)52-36-38(37-53-45-44(51)43(50)42(49)39(35-46)55-45)54-41(48)34-32-30-28-26-24-22-20-18-16-14-12-10-8-6-4-2/h5-8,11-14,17-20,38-39,42-45,49-51H,3-4,9-10,15-16,21-37,46H2,1-2H3. The zero-order chi connectivity index (χ0) is 40.2. The van der Waals surface area contributed by atoms with Crippen LogP contribution in [0.25, 0.3) is 0 Å². The molecule has 55 heavy (non-hydrogen) atoms. The van der Waals surface area contributed by atoms with Crippen molar-refractivity contribution in [3.63, 3.8) is 0 Å². The summed E-state index contributed by atoms with van der Waals surface area (Å²) in [7, 11) is 0. The van der Waals surface area contributed by atoms with E-state index in [2.05, 4.69) is 86.8 Å². The lowest BCUT2D eigenvalue weighted by Gasteiger charge is -2.40. The summed E-state index contributed by atoms with van der Waals surface area (Å²) in [5.41, 5.74) is 5.64. The molecule has 10 heteroatoms. The third-order valence-electron chi connectivity index (χ3n) is 9.14. The Balaban J connectivity index is 2.39. The van der Waals surface area contributed by atoms with Gasteiger partial charge in [0.2, 0.25) is 0 Å². The van der Waals surface area contributed by atoms with Gasteiger partial charge in [-0.3, -0.25) is 9.59 Å². The van der Waals surface area contributed by atoms with E-state index in [1.165, 1.54) is 0 Å². The molecule has 314 valence electrons. The van der Waals surface area contributed by atoms with Crippen LogP contribution in [0.2, 0.25) is 0 Å². The molecule has 0 amide bonds. The van der Waals surface area contributed by atoms with Gasteiger partial charge in [0, 0.05) is 19.4 Å². The smallest absolute Gasteiger partial charge is 0.306 e. The maximum Gasteiger partial charge on any atom is 0.306 e. The normalized spacial score (nSPS) is 21.3. The lowest BCUT2D eigenvalue weighted by atomic mass is 9.99. The summed E-state index contributed by atoms with van der Waals surface area (Å²) in [5.74, 6) is -0.818. The Morgan fingerprint density at radius 3 is 1.55 bits per heavy atom. The summed E-state index contributed by atoms with van der Waals surface area (Å²) < 4.78 is 22.3. The van der Waals surface area contributed by atoms with Crippen LogP contribution in [0, 0.1) is 0 Å². The summed E-state index contributed by atoms with van der Waals surface area (Å²) in [6.45, 7) is 3.71. The topological polar surface area (TPSA) is 158 Å². The fraction of sp³-hybridized carbons (Fsp3) is 0.689. The van der Waals surface area contributed by atoms with Gasteiger partial charge in [-0.05, 0) is 77.0 Å². The van der Waals surface area contributed by atoms with Crippen LogP contribution in [0.3, 0.4) is 0 Å². The van der Waals surface area contributed by atoms with Crippen molar-refractivity contribution in [1.29, 1.82) is 0 Å². The van der Waals surface area contributed by atoms with Gasteiger partial charge >= 0.3 is 11.9 Å². The van der Waals surface area contributed by atoms with E-state index in [0.29, 0.717) is 12.8 Å². The highest BCUT2D eigenvalue weighted by Crippen LogP contribution is 2.22. The molecule has 0 aromatic carbocycles. The number of esters is 2. The molecule has 10 nitrogen and oxygen atoms in total. The zero-order valence-corrected chi connectivity index (χ0v) is 34.0. The average Bonchev–Trinajstić information content (AvgIpc) is 3.18. The molecule has 5 N–H and O–H groups in total. The molecule has 1 rings (SSSR count). The molecular weight excluding hydrogens is 698 g/mol. The van der Waals surface area contributed by atoms with Crippen molar-refractivity contribution in [2.45, 2.75) is 179 Å². The quantitative estimate of drug-likeness (QED) is 0.0290. The van der Waals surface area contributed by atoms with Gasteiger partial charge in [0.1, 0.15) is 31.0 Å². The second-order valence-corrected chi connectivity index (χ2v) is 14.1. The zero-order valence-electron chi connectivity index (χ0n) is 34.0. The van der Waals surface area contributed by atoms with Crippen LogP contribution >= 0.6 is 0 Å². The van der Waals surface area contributed by atoms with Crippen molar-refractivity contribution >= 4 is 11.9 Å². The van der Waals surface area contributed by atoms with Crippen molar-refractivity contribution in [3.8, 4) is 0 Å². The molecule has 1 aliphatic rings. The van der Waals surface area contributed by atoms with E-state index in [1.807, 2.05) is 0 Å². The first-order valence-electron chi connectivity index (χ1n) is 21.1. The second-order valence-electron chi connectivity index (χ2n) is 14.1. The van der Waals surface area contributed by atoms with Crippen LogP contribution < -0.4 is 5.73 Å². The Morgan fingerprint density at radius 2 is 1.04 bits per heavy atom. The molecule has 1 saturated heterocycles. The Hall–Kier alpha value is -2.86. The van der Waals surface area contributed by atoms with Crippen molar-refractivity contribution in [3.05, 3.63) is 72.9 Å². The molecule has 0 radical (unpaired) electrons. The molecule has 0 aliphatic carbocycles. The van der Waals surface area contributed by atoms with Crippen molar-refractivity contribution < 1.29 is 43.9 Å². The van der Waals surface area contributed by atoms with Gasteiger partial charge in [0.15, 0.2) is 12.4 Å². The third-order valence-corrected chi connectivity index (χ3v) is 9.14. The number of carbonyl (C=O) groups is 2.